The topological polar surface area (TPSA) is 6.48 Å². The molecule has 0 unspecified atom stereocenters. The molecular weight excluding hydrogens is 764 g/mol. The minimum absolute atomic E-state index is 0.0116. The summed E-state index contributed by atoms with van der Waals surface area (Å²) >= 11 is 0. The first kappa shape index (κ1) is 37.8. The highest BCUT2D eigenvalue weighted by molar-refractivity contribution is 7.26. The standard InChI is InChI=1S/C58H47BN2Si/c1-58(2,3)44-33-35-47(36-34-44)61-53-38-37-48(60(45-23-11-5-12-24-45)46-25-13-6-14-26-46)41-52(53)59-51-31-19-20-32-55(51)62(49-27-15-7-16-28-49,50-29-17-8-18-30-50)56-40-43(39-54(61)57(56)59)42-21-9-4-10-22-42/h4-41H,1-3H3. The summed E-state index contributed by atoms with van der Waals surface area (Å²) < 4.78 is 0. The molecule has 0 spiro atoms. The first-order chi connectivity index (χ1) is 30.4. The maximum absolute atomic E-state index is 2.96. The molecule has 62 heavy (non-hydrogen) atoms. The molecule has 296 valence electrons. The molecule has 2 heterocycles. The van der Waals surface area contributed by atoms with Gasteiger partial charge in [-0.3, -0.25) is 0 Å². The van der Waals surface area contributed by atoms with Gasteiger partial charge in [0.15, 0.2) is 8.07 Å². The van der Waals surface area contributed by atoms with Gasteiger partial charge in [0, 0.05) is 34.1 Å². The van der Waals surface area contributed by atoms with E-state index in [2.05, 4.69) is 261 Å². The summed E-state index contributed by atoms with van der Waals surface area (Å²) in [6.45, 7) is 6.88. The maximum Gasteiger partial charge on any atom is 0.246 e. The van der Waals surface area contributed by atoms with Crippen molar-refractivity contribution in [3.8, 4) is 11.1 Å². The van der Waals surface area contributed by atoms with Crippen molar-refractivity contribution in [2.24, 2.45) is 0 Å². The number of hydrogen-bond donors (Lipinski definition) is 0. The highest BCUT2D eigenvalue weighted by atomic mass is 28.3. The number of anilines is 6. The number of para-hydroxylation sites is 2. The second-order valence-electron chi connectivity index (χ2n) is 17.7. The molecular formula is C58H47BN2Si. The summed E-state index contributed by atoms with van der Waals surface area (Å²) in [6.07, 6.45) is 0. The van der Waals surface area contributed by atoms with Crippen LogP contribution in [0.4, 0.5) is 34.1 Å². The zero-order valence-corrected chi connectivity index (χ0v) is 36.4. The molecule has 11 rings (SSSR count). The molecule has 0 radical (unpaired) electrons. The molecule has 0 atom stereocenters. The average molecular weight is 811 g/mol. The molecule has 0 aliphatic carbocycles. The van der Waals surface area contributed by atoms with Gasteiger partial charge in [0.1, 0.15) is 0 Å². The van der Waals surface area contributed by atoms with Gasteiger partial charge in [0.05, 0.1) is 0 Å². The van der Waals surface area contributed by atoms with Crippen molar-refractivity contribution in [1.29, 1.82) is 0 Å². The van der Waals surface area contributed by atoms with Crippen LogP contribution in [0.1, 0.15) is 26.3 Å². The lowest BCUT2D eigenvalue weighted by Crippen LogP contribution is -2.87. The molecule has 0 saturated carbocycles. The Morgan fingerprint density at radius 1 is 0.419 bits per heavy atom. The molecule has 2 aliphatic rings. The summed E-state index contributed by atoms with van der Waals surface area (Å²) in [7, 11) is -2.96. The lowest BCUT2D eigenvalue weighted by atomic mass is 9.34. The summed E-state index contributed by atoms with van der Waals surface area (Å²) in [4.78, 5) is 4.98. The first-order valence-electron chi connectivity index (χ1n) is 21.8. The number of benzene rings is 9. The number of rotatable bonds is 7. The first-order valence-corrected chi connectivity index (χ1v) is 23.8. The Balaban J connectivity index is 1.28. The Hall–Kier alpha value is -7.14. The van der Waals surface area contributed by atoms with E-state index >= 15 is 0 Å². The fourth-order valence-corrected chi connectivity index (χ4v) is 15.7. The third kappa shape index (κ3) is 6.08. The van der Waals surface area contributed by atoms with Crippen LogP contribution in [-0.4, -0.2) is 14.8 Å². The largest absolute Gasteiger partial charge is 0.312 e. The number of fused-ring (bicyclic) bond motifs is 4. The van der Waals surface area contributed by atoms with Gasteiger partial charge in [-0.25, -0.2) is 0 Å². The molecule has 4 heteroatoms. The highest BCUT2D eigenvalue weighted by Gasteiger charge is 2.53. The SMILES string of the molecule is CC(C)(C)c1ccc(N2c3ccc(N(c4ccccc4)c4ccccc4)cc3B3c4ccccc4[Si](c4ccccc4)(c4ccccc4)c4cc(-c5ccccc5)cc2c43)cc1. The molecule has 0 fully saturated rings. The van der Waals surface area contributed by atoms with Crippen molar-refractivity contribution in [1.82, 2.24) is 0 Å². The van der Waals surface area contributed by atoms with Crippen LogP contribution in [0, 0.1) is 0 Å². The van der Waals surface area contributed by atoms with E-state index in [9.17, 15) is 0 Å². The fourth-order valence-electron chi connectivity index (χ4n) is 10.3. The van der Waals surface area contributed by atoms with Gasteiger partial charge in [-0.05, 0) is 114 Å². The van der Waals surface area contributed by atoms with E-state index in [1.165, 1.54) is 65.2 Å². The quantitative estimate of drug-likeness (QED) is 0.148. The maximum atomic E-state index is 2.58. The molecule has 0 aromatic heterocycles. The van der Waals surface area contributed by atoms with Crippen LogP contribution in [-0.2, 0) is 5.41 Å². The van der Waals surface area contributed by atoms with Crippen molar-refractivity contribution in [3.05, 3.63) is 236 Å². The van der Waals surface area contributed by atoms with Crippen LogP contribution < -0.4 is 46.9 Å². The van der Waals surface area contributed by atoms with Crippen molar-refractivity contribution in [2.45, 2.75) is 26.2 Å². The molecule has 2 aliphatic heterocycles. The summed E-state index contributed by atoms with van der Waals surface area (Å²) in [5.41, 5.74) is 14.9. The van der Waals surface area contributed by atoms with Crippen molar-refractivity contribution < 1.29 is 0 Å². The minimum Gasteiger partial charge on any atom is -0.312 e. The van der Waals surface area contributed by atoms with Crippen molar-refractivity contribution >= 4 is 86.0 Å². The van der Waals surface area contributed by atoms with E-state index in [1.54, 1.807) is 0 Å². The molecule has 0 amide bonds. The van der Waals surface area contributed by atoms with E-state index in [-0.39, 0.29) is 12.1 Å². The lowest BCUT2D eigenvalue weighted by molar-refractivity contribution is 0.590. The zero-order valence-electron chi connectivity index (χ0n) is 35.4. The van der Waals surface area contributed by atoms with E-state index in [1.807, 2.05) is 0 Å². The third-order valence-corrected chi connectivity index (χ3v) is 18.0. The van der Waals surface area contributed by atoms with Gasteiger partial charge in [-0.15, -0.1) is 0 Å². The second-order valence-corrected chi connectivity index (χ2v) is 21.4. The van der Waals surface area contributed by atoms with Gasteiger partial charge < -0.3 is 9.80 Å². The van der Waals surface area contributed by atoms with Crippen LogP contribution in [0.5, 0.6) is 0 Å². The third-order valence-electron chi connectivity index (χ3n) is 13.1. The lowest BCUT2D eigenvalue weighted by Gasteiger charge is -2.48. The predicted molar refractivity (Wildman–Crippen MR) is 268 cm³/mol. The summed E-state index contributed by atoms with van der Waals surface area (Å²) in [5.74, 6) is 0. The Kier molecular flexibility index (Phi) is 9.21. The average Bonchev–Trinajstić information content (AvgIpc) is 3.33. The van der Waals surface area contributed by atoms with E-state index in [4.69, 9.17) is 0 Å². The molecule has 9 aromatic carbocycles. The summed E-state index contributed by atoms with van der Waals surface area (Å²) in [6, 6.07) is 86.5. The van der Waals surface area contributed by atoms with Crippen LogP contribution >= 0.6 is 0 Å². The highest BCUT2D eigenvalue weighted by Crippen LogP contribution is 2.42. The molecule has 2 nitrogen and oxygen atoms in total. The van der Waals surface area contributed by atoms with Gasteiger partial charge >= 0.3 is 0 Å². The molecule has 0 saturated heterocycles. The monoisotopic (exact) mass is 810 g/mol. The fraction of sp³-hybridized carbons (Fsp3) is 0.0690. The van der Waals surface area contributed by atoms with Crippen LogP contribution in [0.25, 0.3) is 11.1 Å². The zero-order chi connectivity index (χ0) is 41.8. The Bertz CT molecular complexity index is 2960. The van der Waals surface area contributed by atoms with Gasteiger partial charge in [-0.1, -0.05) is 196 Å². The van der Waals surface area contributed by atoms with Crippen molar-refractivity contribution in [2.75, 3.05) is 9.80 Å². The Morgan fingerprint density at radius 3 is 1.53 bits per heavy atom. The normalized spacial score (nSPS) is 13.5. The predicted octanol–water partition coefficient (Wildman–Crippen LogP) is 10.1. The van der Waals surface area contributed by atoms with Gasteiger partial charge in [-0.2, -0.15) is 0 Å². The van der Waals surface area contributed by atoms with Gasteiger partial charge in [0.2, 0.25) is 6.71 Å². The number of hydrogen-bond acceptors (Lipinski definition) is 2. The smallest absolute Gasteiger partial charge is 0.246 e. The Labute approximate surface area is 367 Å². The minimum atomic E-state index is -2.96. The van der Waals surface area contributed by atoms with E-state index in [0.29, 0.717) is 0 Å². The molecule has 9 aromatic rings. The Morgan fingerprint density at radius 2 is 0.952 bits per heavy atom. The second kappa shape index (κ2) is 15.1. The van der Waals surface area contributed by atoms with Gasteiger partial charge in [0.25, 0.3) is 0 Å². The number of nitrogens with zero attached hydrogens (tertiary/aromatic N) is 2. The van der Waals surface area contributed by atoms with Crippen LogP contribution in [0.3, 0.4) is 0 Å². The molecule has 0 N–H and O–H groups in total. The summed E-state index contributed by atoms with van der Waals surface area (Å²) in [5, 5.41) is 5.69. The van der Waals surface area contributed by atoms with Crippen molar-refractivity contribution in [3.63, 3.8) is 0 Å². The van der Waals surface area contributed by atoms with E-state index in [0.717, 1.165) is 22.7 Å². The van der Waals surface area contributed by atoms with Crippen LogP contribution in [0.15, 0.2) is 231 Å². The molecule has 0 bridgehead atoms. The van der Waals surface area contributed by atoms with E-state index < -0.39 is 8.07 Å². The van der Waals surface area contributed by atoms with Crippen LogP contribution in [0.2, 0.25) is 0 Å².